The maximum absolute atomic E-state index is 12.5. The molecule has 142 valence electrons. The average Bonchev–Trinajstić information content (AvgIpc) is 2.66. The first-order valence-corrected chi connectivity index (χ1v) is 9.00. The van der Waals surface area contributed by atoms with Gasteiger partial charge in [0.15, 0.2) is 0 Å². The van der Waals surface area contributed by atoms with Crippen LogP contribution in [0, 0.1) is 6.92 Å². The van der Waals surface area contributed by atoms with E-state index in [9.17, 15) is 9.59 Å². The Balaban J connectivity index is 2.03. The number of aryl methyl sites for hydroxylation is 1. The van der Waals surface area contributed by atoms with Crippen LogP contribution in [0.1, 0.15) is 24.5 Å². The van der Waals surface area contributed by atoms with Gasteiger partial charge in [-0.3, -0.25) is 9.59 Å². The molecule has 0 aromatic heterocycles. The summed E-state index contributed by atoms with van der Waals surface area (Å²) in [6, 6.07) is 15.1. The van der Waals surface area contributed by atoms with Gasteiger partial charge in [-0.05, 0) is 37.1 Å². The Kier molecular flexibility index (Phi) is 7.62. The molecule has 0 atom stereocenters. The number of carbonyl (C=O) groups excluding carboxylic acids is 2. The van der Waals surface area contributed by atoms with Crippen molar-refractivity contribution in [3.63, 3.8) is 0 Å². The summed E-state index contributed by atoms with van der Waals surface area (Å²) in [5.74, 6) is 0.136. The van der Waals surface area contributed by atoms with Crippen LogP contribution >= 0.6 is 0 Å². The summed E-state index contributed by atoms with van der Waals surface area (Å²) >= 11 is 0. The molecule has 0 bridgehead atoms. The minimum Gasteiger partial charge on any atom is -0.495 e. The molecule has 0 spiro atoms. The van der Waals surface area contributed by atoms with Crippen molar-refractivity contribution in [3.8, 4) is 5.75 Å². The summed E-state index contributed by atoms with van der Waals surface area (Å²) in [7, 11) is 1.55. The predicted molar refractivity (Wildman–Crippen MR) is 109 cm³/mol. The molecule has 0 aliphatic heterocycles. The second-order valence-electron chi connectivity index (χ2n) is 6.26. The van der Waals surface area contributed by atoms with Gasteiger partial charge in [0.05, 0.1) is 12.8 Å². The number of para-hydroxylation sites is 2. The average molecular weight is 366 g/mol. The largest absolute Gasteiger partial charge is 0.495 e. The van der Waals surface area contributed by atoms with Crippen LogP contribution in [-0.2, 0) is 9.59 Å². The fourth-order valence-electron chi connectivity index (χ4n) is 2.69. The molecule has 0 saturated carbocycles. The summed E-state index contributed by atoms with van der Waals surface area (Å²) in [5.41, 5.74) is 2.67. The molecule has 0 fully saturated rings. The molecule has 1 N–H and O–H groups in total. The van der Waals surface area contributed by atoms with Crippen molar-refractivity contribution in [2.75, 3.05) is 25.5 Å². The van der Waals surface area contributed by atoms with E-state index in [4.69, 9.17) is 4.74 Å². The maximum Gasteiger partial charge on any atom is 0.247 e. The lowest BCUT2D eigenvalue weighted by atomic mass is 10.1. The van der Waals surface area contributed by atoms with Crippen LogP contribution in [0.25, 0.3) is 6.08 Å². The Morgan fingerprint density at radius 2 is 1.93 bits per heavy atom. The van der Waals surface area contributed by atoms with Crippen LogP contribution in [0.15, 0.2) is 54.6 Å². The molecule has 0 heterocycles. The molecular formula is C22H26N2O3. The van der Waals surface area contributed by atoms with Gasteiger partial charge in [-0.2, -0.15) is 0 Å². The van der Waals surface area contributed by atoms with E-state index in [1.54, 1.807) is 25.3 Å². The van der Waals surface area contributed by atoms with Gasteiger partial charge in [0.2, 0.25) is 11.8 Å². The fourth-order valence-corrected chi connectivity index (χ4v) is 2.69. The van der Waals surface area contributed by atoms with E-state index in [1.807, 2.05) is 50.2 Å². The highest BCUT2D eigenvalue weighted by Gasteiger charge is 2.15. The van der Waals surface area contributed by atoms with E-state index in [-0.39, 0.29) is 18.4 Å². The summed E-state index contributed by atoms with van der Waals surface area (Å²) in [6.45, 7) is 4.48. The lowest BCUT2D eigenvalue weighted by molar-refractivity contribution is -0.130. The number of nitrogens with zero attached hydrogens (tertiary/aromatic N) is 1. The quantitative estimate of drug-likeness (QED) is 0.721. The van der Waals surface area contributed by atoms with Crippen LogP contribution in [0.5, 0.6) is 5.75 Å². The third-order valence-corrected chi connectivity index (χ3v) is 3.98. The van der Waals surface area contributed by atoms with E-state index in [0.717, 1.165) is 17.5 Å². The highest BCUT2D eigenvalue weighted by Crippen LogP contribution is 2.22. The summed E-state index contributed by atoms with van der Waals surface area (Å²) in [5, 5.41) is 2.80. The van der Waals surface area contributed by atoms with Crippen LogP contribution < -0.4 is 10.1 Å². The van der Waals surface area contributed by atoms with Crippen molar-refractivity contribution in [1.29, 1.82) is 0 Å². The summed E-state index contributed by atoms with van der Waals surface area (Å²) in [6.07, 6.45) is 4.06. The molecule has 5 heteroatoms. The first kappa shape index (κ1) is 20.2. The van der Waals surface area contributed by atoms with Crippen LogP contribution in [-0.4, -0.2) is 36.9 Å². The minimum atomic E-state index is -0.259. The second-order valence-corrected chi connectivity index (χ2v) is 6.26. The van der Waals surface area contributed by atoms with Crippen molar-refractivity contribution in [2.24, 2.45) is 0 Å². The predicted octanol–water partition coefficient (Wildman–Crippen LogP) is 3.89. The van der Waals surface area contributed by atoms with Crippen molar-refractivity contribution in [2.45, 2.75) is 20.3 Å². The van der Waals surface area contributed by atoms with E-state index in [0.29, 0.717) is 18.0 Å². The maximum atomic E-state index is 12.5. The number of nitrogens with one attached hydrogen (secondary N) is 1. The Hall–Kier alpha value is -3.08. The number of hydrogen-bond donors (Lipinski definition) is 1. The van der Waals surface area contributed by atoms with E-state index >= 15 is 0 Å². The molecule has 2 aromatic rings. The SMILES string of the molecule is CCCN(CC(=O)Nc1ccccc1OC)C(=O)C=Cc1cccc(C)c1. The zero-order chi connectivity index (χ0) is 19.6. The van der Waals surface area contributed by atoms with Crippen LogP contribution in [0.2, 0.25) is 0 Å². The number of amides is 2. The van der Waals surface area contributed by atoms with Crippen molar-refractivity contribution in [3.05, 3.63) is 65.7 Å². The molecule has 0 saturated heterocycles. The third kappa shape index (κ3) is 6.29. The molecule has 2 aromatic carbocycles. The fraction of sp³-hybridized carbons (Fsp3) is 0.273. The first-order valence-electron chi connectivity index (χ1n) is 9.00. The van der Waals surface area contributed by atoms with Gasteiger partial charge in [0.1, 0.15) is 12.3 Å². The van der Waals surface area contributed by atoms with Gasteiger partial charge < -0.3 is 15.0 Å². The van der Waals surface area contributed by atoms with Crippen LogP contribution in [0.4, 0.5) is 5.69 Å². The van der Waals surface area contributed by atoms with E-state index in [2.05, 4.69) is 5.32 Å². The smallest absolute Gasteiger partial charge is 0.247 e. The zero-order valence-corrected chi connectivity index (χ0v) is 16.1. The molecule has 0 unspecified atom stereocenters. The highest BCUT2D eigenvalue weighted by atomic mass is 16.5. The molecule has 2 rings (SSSR count). The van der Waals surface area contributed by atoms with Gasteiger partial charge in [0.25, 0.3) is 0 Å². The number of hydrogen-bond acceptors (Lipinski definition) is 3. The molecule has 0 aliphatic carbocycles. The zero-order valence-electron chi connectivity index (χ0n) is 16.1. The molecule has 2 amide bonds. The van der Waals surface area contributed by atoms with Crippen molar-refractivity contribution in [1.82, 2.24) is 4.90 Å². The van der Waals surface area contributed by atoms with Crippen molar-refractivity contribution >= 4 is 23.6 Å². The standard InChI is InChI=1S/C22H26N2O3/c1-4-14-24(22(26)13-12-18-9-7-8-17(2)15-18)16-21(25)23-19-10-5-6-11-20(19)27-3/h5-13,15H,4,14,16H2,1-3H3,(H,23,25). The lowest BCUT2D eigenvalue weighted by Gasteiger charge is -2.20. The molecular weight excluding hydrogens is 340 g/mol. The normalized spacial score (nSPS) is 10.6. The number of rotatable bonds is 8. The third-order valence-electron chi connectivity index (χ3n) is 3.98. The van der Waals surface area contributed by atoms with Gasteiger partial charge in [0, 0.05) is 12.6 Å². The van der Waals surface area contributed by atoms with Gasteiger partial charge in [-0.25, -0.2) is 0 Å². The Morgan fingerprint density at radius 1 is 1.15 bits per heavy atom. The monoisotopic (exact) mass is 366 g/mol. The molecule has 0 radical (unpaired) electrons. The van der Waals surface area contributed by atoms with E-state index < -0.39 is 0 Å². The number of ether oxygens (including phenoxy) is 1. The van der Waals surface area contributed by atoms with Gasteiger partial charge in [-0.1, -0.05) is 48.9 Å². The molecule has 0 aliphatic rings. The molecule has 5 nitrogen and oxygen atoms in total. The van der Waals surface area contributed by atoms with Crippen molar-refractivity contribution < 1.29 is 14.3 Å². The first-order chi connectivity index (χ1) is 13.0. The number of benzene rings is 2. The number of methoxy groups -OCH3 is 1. The minimum absolute atomic E-state index is 0.0110. The lowest BCUT2D eigenvalue weighted by Crippen LogP contribution is -2.37. The number of carbonyl (C=O) groups is 2. The summed E-state index contributed by atoms with van der Waals surface area (Å²) < 4.78 is 5.24. The highest BCUT2D eigenvalue weighted by molar-refractivity contribution is 5.98. The van der Waals surface area contributed by atoms with Crippen LogP contribution in [0.3, 0.4) is 0 Å². The van der Waals surface area contributed by atoms with Gasteiger partial charge >= 0.3 is 0 Å². The Bertz CT molecular complexity index is 815. The topological polar surface area (TPSA) is 58.6 Å². The molecule has 27 heavy (non-hydrogen) atoms. The summed E-state index contributed by atoms with van der Waals surface area (Å²) in [4.78, 5) is 26.5. The number of anilines is 1. The van der Waals surface area contributed by atoms with E-state index in [1.165, 1.54) is 11.0 Å². The Morgan fingerprint density at radius 3 is 2.63 bits per heavy atom. The second kappa shape index (κ2) is 10.2. The van der Waals surface area contributed by atoms with Gasteiger partial charge in [-0.15, -0.1) is 0 Å². The Labute approximate surface area is 160 Å².